The predicted molar refractivity (Wildman–Crippen MR) is 372 cm³/mol. The number of hydrogen-bond donors (Lipinski definition) is 2. The van der Waals surface area contributed by atoms with Crippen LogP contribution >= 0.6 is 7.82 Å². The average molecular weight is 1220 g/mol. The van der Waals surface area contributed by atoms with E-state index in [0.29, 0.717) is 6.42 Å². The molecule has 0 heterocycles. The first-order chi connectivity index (χ1) is 42.3. The van der Waals surface area contributed by atoms with Gasteiger partial charge in [-0.3, -0.25) is 18.6 Å². The highest BCUT2D eigenvalue weighted by Gasteiger charge is 2.26. The topological polar surface area (TPSA) is 134 Å². The number of phosphoric ester groups is 1. The number of allylic oxidation sites excluding steroid dienone is 16. The maximum absolute atomic E-state index is 12.8. The number of nitrogens with two attached hydrogens (primary N) is 1. The molecule has 0 aromatic heterocycles. The van der Waals surface area contributed by atoms with E-state index < -0.39 is 26.5 Å². The molecule has 0 aromatic rings. The lowest BCUT2D eigenvalue weighted by atomic mass is 10.0. The van der Waals surface area contributed by atoms with Crippen molar-refractivity contribution in [2.45, 2.75) is 347 Å². The Morgan fingerprint density at radius 3 is 0.953 bits per heavy atom. The van der Waals surface area contributed by atoms with Crippen LogP contribution in [0.1, 0.15) is 341 Å². The molecule has 0 amide bonds. The molecule has 0 fully saturated rings. The second kappa shape index (κ2) is 71.0. The molecule has 3 N–H and O–H groups in total. The van der Waals surface area contributed by atoms with Crippen LogP contribution < -0.4 is 5.73 Å². The maximum Gasteiger partial charge on any atom is 0.472 e. The van der Waals surface area contributed by atoms with Crippen molar-refractivity contribution in [3.05, 3.63) is 97.2 Å². The molecule has 0 rings (SSSR count). The number of ether oxygens (including phenoxy) is 2. The highest BCUT2D eigenvalue weighted by molar-refractivity contribution is 7.47. The number of rotatable bonds is 68. The minimum Gasteiger partial charge on any atom is -0.462 e. The van der Waals surface area contributed by atoms with E-state index in [-0.39, 0.29) is 38.6 Å². The van der Waals surface area contributed by atoms with Crippen molar-refractivity contribution in [1.29, 1.82) is 0 Å². The first-order valence-corrected chi connectivity index (χ1v) is 37.7. The third-order valence-corrected chi connectivity index (χ3v) is 16.7. The second-order valence-corrected chi connectivity index (χ2v) is 25.5. The minimum atomic E-state index is -4.40. The van der Waals surface area contributed by atoms with E-state index in [1.807, 2.05) is 0 Å². The number of phosphoric acid groups is 1. The first-order valence-electron chi connectivity index (χ1n) is 36.2. The van der Waals surface area contributed by atoms with Crippen LogP contribution in [-0.4, -0.2) is 49.3 Å². The van der Waals surface area contributed by atoms with E-state index in [1.54, 1.807) is 0 Å². The van der Waals surface area contributed by atoms with Gasteiger partial charge in [-0.25, -0.2) is 4.57 Å². The van der Waals surface area contributed by atoms with Crippen LogP contribution in [0.4, 0.5) is 0 Å². The SMILES string of the molecule is CC/C=C\C/C=C\C/C=C\C/C=C\C/C=C\C/C=C\C/C=C\C/C=C\CCCCCCCCCCCCCCC(=O)OC(COC(=O)CCCCCCCCCCCCCCCCCCCCCCCCCCCCCC)COP(=O)(O)OCCN. The fourth-order valence-electron chi connectivity index (χ4n) is 10.4. The number of carbonyl (C=O) groups is 2. The molecule has 0 aromatic carbocycles. The van der Waals surface area contributed by atoms with Crippen molar-refractivity contribution in [2.24, 2.45) is 5.73 Å². The van der Waals surface area contributed by atoms with E-state index >= 15 is 0 Å². The summed E-state index contributed by atoms with van der Waals surface area (Å²) in [4.78, 5) is 35.4. The minimum absolute atomic E-state index is 0.0515. The Morgan fingerprint density at radius 1 is 0.360 bits per heavy atom. The zero-order chi connectivity index (χ0) is 62.3. The van der Waals surface area contributed by atoms with Crippen LogP contribution in [0.3, 0.4) is 0 Å². The van der Waals surface area contributed by atoms with Crippen molar-refractivity contribution in [1.82, 2.24) is 0 Å². The van der Waals surface area contributed by atoms with E-state index in [9.17, 15) is 19.0 Å². The summed E-state index contributed by atoms with van der Waals surface area (Å²) in [5, 5.41) is 0. The van der Waals surface area contributed by atoms with Gasteiger partial charge in [0.25, 0.3) is 0 Å². The molecule has 0 aliphatic heterocycles. The number of carbonyl (C=O) groups excluding carboxylic acids is 2. The molecule has 498 valence electrons. The van der Waals surface area contributed by atoms with Gasteiger partial charge >= 0.3 is 19.8 Å². The molecule has 86 heavy (non-hydrogen) atoms. The molecule has 0 saturated carbocycles. The highest BCUT2D eigenvalue weighted by Crippen LogP contribution is 2.43. The van der Waals surface area contributed by atoms with Gasteiger partial charge in [-0.1, -0.05) is 349 Å². The van der Waals surface area contributed by atoms with E-state index in [1.165, 1.54) is 218 Å². The largest absolute Gasteiger partial charge is 0.472 e. The third kappa shape index (κ3) is 70.0. The van der Waals surface area contributed by atoms with Crippen LogP contribution in [0.5, 0.6) is 0 Å². The van der Waals surface area contributed by atoms with Crippen LogP contribution in [0.25, 0.3) is 0 Å². The highest BCUT2D eigenvalue weighted by atomic mass is 31.2. The molecule has 0 aliphatic carbocycles. The predicted octanol–water partition coefficient (Wildman–Crippen LogP) is 23.9. The summed E-state index contributed by atoms with van der Waals surface area (Å²) < 4.78 is 33.2. The summed E-state index contributed by atoms with van der Waals surface area (Å²) in [7, 11) is -4.40. The van der Waals surface area contributed by atoms with Gasteiger partial charge < -0.3 is 20.1 Å². The molecule has 0 aliphatic rings. The number of esters is 2. The maximum atomic E-state index is 12.8. The lowest BCUT2D eigenvalue weighted by molar-refractivity contribution is -0.161. The Morgan fingerprint density at radius 2 is 0.640 bits per heavy atom. The van der Waals surface area contributed by atoms with Gasteiger partial charge in [0, 0.05) is 19.4 Å². The molecule has 0 bridgehead atoms. The van der Waals surface area contributed by atoms with Gasteiger partial charge in [0.05, 0.1) is 13.2 Å². The first kappa shape index (κ1) is 82.9. The lowest BCUT2D eigenvalue weighted by Gasteiger charge is -2.19. The van der Waals surface area contributed by atoms with Gasteiger partial charge in [-0.2, -0.15) is 0 Å². The summed E-state index contributed by atoms with van der Waals surface area (Å²) in [6.07, 6.45) is 96.5. The number of hydrogen-bond acceptors (Lipinski definition) is 8. The Bertz CT molecular complexity index is 1730. The number of unbranched alkanes of at least 4 members (excludes halogenated alkanes) is 39. The van der Waals surface area contributed by atoms with E-state index in [4.69, 9.17) is 24.3 Å². The summed E-state index contributed by atoms with van der Waals surface area (Å²) in [6.45, 7) is 3.68. The zero-order valence-corrected chi connectivity index (χ0v) is 56.9. The molecular formula is C76H136NO8P. The quantitative estimate of drug-likeness (QED) is 0.0264. The van der Waals surface area contributed by atoms with E-state index in [0.717, 1.165) is 89.9 Å². The Kier molecular flexibility index (Phi) is 68.5. The molecule has 10 heteroatoms. The van der Waals surface area contributed by atoms with Gasteiger partial charge in [0.2, 0.25) is 0 Å². The summed E-state index contributed by atoms with van der Waals surface area (Å²) in [6, 6.07) is 0. The summed E-state index contributed by atoms with van der Waals surface area (Å²) in [5.41, 5.74) is 5.41. The van der Waals surface area contributed by atoms with Crippen LogP contribution in [0.2, 0.25) is 0 Å². The lowest BCUT2D eigenvalue weighted by Crippen LogP contribution is -2.29. The molecule has 0 spiro atoms. The third-order valence-electron chi connectivity index (χ3n) is 15.7. The standard InChI is InChI=1S/C76H136NO8P/c1-3-5-7-9-11-13-15-17-19-21-23-25-27-29-31-33-34-35-36-37-38-39-40-41-43-45-47-49-51-53-55-57-59-61-63-65-67-69-76(79)85-74(73-84-86(80,81)83-71-70-77)72-82-75(78)68-66-64-62-60-58-56-54-52-50-48-46-44-42-32-30-28-26-24-22-20-18-16-14-12-10-8-6-4-2/h5,7,11,13,17,19,23,25,29,31,34-35,37-38,40-41,74H,3-4,6,8-10,12,14-16,18,20-22,24,26-28,30,32-33,36,39,42-73,77H2,1-2H3,(H,80,81)/b7-5-,13-11-,19-17-,25-23-,31-29-,35-34-,38-37-,41-40-. The molecule has 2 atom stereocenters. The van der Waals surface area contributed by atoms with Crippen LogP contribution in [-0.2, 0) is 32.7 Å². The Hall–Kier alpha value is -3.07. The zero-order valence-electron chi connectivity index (χ0n) is 56.0. The van der Waals surface area contributed by atoms with E-state index in [2.05, 4.69) is 111 Å². The van der Waals surface area contributed by atoms with Crippen molar-refractivity contribution in [3.8, 4) is 0 Å². The Labute approximate surface area is 531 Å². The molecule has 0 radical (unpaired) electrons. The van der Waals surface area contributed by atoms with Crippen LogP contribution in [0, 0.1) is 0 Å². The molecule has 2 unspecified atom stereocenters. The molecule has 9 nitrogen and oxygen atoms in total. The molecule has 0 saturated heterocycles. The van der Waals surface area contributed by atoms with Crippen molar-refractivity contribution >= 4 is 19.8 Å². The summed E-state index contributed by atoms with van der Waals surface area (Å²) in [5.74, 6) is -0.817. The van der Waals surface area contributed by atoms with Gasteiger partial charge in [0.1, 0.15) is 6.61 Å². The molecular weight excluding hydrogens is 1090 g/mol. The fraction of sp³-hybridized carbons (Fsp3) is 0.763. The van der Waals surface area contributed by atoms with Gasteiger partial charge in [-0.05, 0) is 77.0 Å². The van der Waals surface area contributed by atoms with Crippen molar-refractivity contribution in [3.63, 3.8) is 0 Å². The second-order valence-electron chi connectivity index (χ2n) is 24.1. The van der Waals surface area contributed by atoms with Gasteiger partial charge in [-0.15, -0.1) is 0 Å². The van der Waals surface area contributed by atoms with Crippen LogP contribution in [0.15, 0.2) is 97.2 Å². The van der Waals surface area contributed by atoms with Gasteiger partial charge in [0.15, 0.2) is 6.10 Å². The van der Waals surface area contributed by atoms with Crippen molar-refractivity contribution in [2.75, 3.05) is 26.4 Å². The monoisotopic (exact) mass is 1220 g/mol. The Balaban J connectivity index is 3.88. The average Bonchev–Trinajstić information content (AvgIpc) is 3.55. The van der Waals surface area contributed by atoms with Crippen molar-refractivity contribution < 1.29 is 37.6 Å². The smallest absolute Gasteiger partial charge is 0.462 e. The normalized spacial score (nSPS) is 13.5. The summed E-state index contributed by atoms with van der Waals surface area (Å²) >= 11 is 0. The fourth-order valence-corrected chi connectivity index (χ4v) is 11.2.